The monoisotopic (exact) mass is 554 g/mol. The van der Waals surface area contributed by atoms with Crippen molar-refractivity contribution in [3.05, 3.63) is 54.2 Å². The summed E-state index contributed by atoms with van der Waals surface area (Å²) in [4.78, 5) is 15.8. The molecule has 204 valence electrons. The summed E-state index contributed by atoms with van der Waals surface area (Å²) in [6, 6.07) is 9.03. The quantitative estimate of drug-likeness (QED) is 0.302. The molecule has 3 N–H and O–H groups in total. The smallest absolute Gasteiger partial charge is 0.163 e. The first-order valence-electron chi connectivity index (χ1n) is 12.5. The second kappa shape index (κ2) is 11.6. The highest BCUT2D eigenvalue weighted by Crippen LogP contribution is 2.40. The van der Waals surface area contributed by atoms with E-state index in [1.807, 2.05) is 11.8 Å². The van der Waals surface area contributed by atoms with Crippen LogP contribution in [-0.2, 0) is 16.1 Å². The van der Waals surface area contributed by atoms with Crippen molar-refractivity contribution in [1.29, 1.82) is 0 Å². The van der Waals surface area contributed by atoms with Crippen LogP contribution in [0.2, 0.25) is 0 Å². The lowest BCUT2D eigenvalue weighted by Crippen LogP contribution is -2.37. The molecule has 9 nitrogen and oxygen atoms in total. The van der Waals surface area contributed by atoms with E-state index < -0.39 is 23.0 Å². The van der Waals surface area contributed by atoms with E-state index in [4.69, 9.17) is 25.2 Å². The standard InChI is InChI=1S/C27H28F2N6O3S/c1-3-12-39(36)34-20-6-5-19(28)23(24(20)29)17-13-18-25(21(14-17)37-2)32-26(16-4-7-22(30)31-15-16)33-27(18)35-8-10-38-11-9-35/h4-7,13-15,34H,3,8-12H2,1-2H3,(H2,30,31). The minimum atomic E-state index is -1.50. The molecule has 1 aliphatic heterocycles. The Labute approximate surface area is 227 Å². The summed E-state index contributed by atoms with van der Waals surface area (Å²) in [7, 11) is 1.47. The van der Waals surface area contributed by atoms with Gasteiger partial charge in [-0.25, -0.2) is 28.5 Å². The van der Waals surface area contributed by atoms with Crippen molar-refractivity contribution in [1.82, 2.24) is 15.0 Å². The molecular weight excluding hydrogens is 526 g/mol. The molecule has 1 atom stereocenters. The summed E-state index contributed by atoms with van der Waals surface area (Å²) in [5.41, 5.74) is 6.81. The fraction of sp³-hybridized carbons (Fsp3) is 0.296. The number of nitrogen functional groups attached to an aromatic ring is 1. The van der Waals surface area contributed by atoms with E-state index in [-0.39, 0.29) is 16.8 Å². The summed E-state index contributed by atoms with van der Waals surface area (Å²) in [5.74, 6) is 0.393. The number of methoxy groups -OCH3 is 1. The van der Waals surface area contributed by atoms with Crippen molar-refractivity contribution >= 4 is 39.6 Å². The maximum absolute atomic E-state index is 15.7. The van der Waals surface area contributed by atoms with Gasteiger partial charge in [0.25, 0.3) is 0 Å². The van der Waals surface area contributed by atoms with Crippen molar-refractivity contribution in [3.63, 3.8) is 0 Å². The molecule has 5 rings (SSSR count). The van der Waals surface area contributed by atoms with Crippen LogP contribution in [0.5, 0.6) is 5.75 Å². The van der Waals surface area contributed by atoms with Gasteiger partial charge >= 0.3 is 0 Å². The summed E-state index contributed by atoms with van der Waals surface area (Å²) < 4.78 is 56.9. The lowest BCUT2D eigenvalue weighted by Gasteiger charge is -2.29. The largest absolute Gasteiger partial charge is 0.593 e. The van der Waals surface area contributed by atoms with Crippen LogP contribution in [0.15, 0.2) is 42.6 Å². The van der Waals surface area contributed by atoms with E-state index in [1.54, 1.807) is 24.4 Å². The topological polar surface area (TPSA) is 121 Å². The van der Waals surface area contributed by atoms with Gasteiger partial charge in [0.1, 0.15) is 40.2 Å². The number of hydrogen-bond donors (Lipinski definition) is 2. The summed E-state index contributed by atoms with van der Waals surface area (Å²) in [5, 5.41) is 0.560. The molecule has 0 spiro atoms. The number of nitrogens with one attached hydrogen (secondary N) is 1. The van der Waals surface area contributed by atoms with Gasteiger partial charge in [-0.1, -0.05) is 6.92 Å². The molecule has 4 aromatic rings. The van der Waals surface area contributed by atoms with Gasteiger partial charge in [0.15, 0.2) is 11.6 Å². The molecule has 0 radical (unpaired) electrons. The van der Waals surface area contributed by atoms with Gasteiger partial charge in [-0.15, -0.1) is 0 Å². The number of fused-ring (bicyclic) bond motifs is 1. The predicted molar refractivity (Wildman–Crippen MR) is 149 cm³/mol. The Kier molecular flexibility index (Phi) is 7.96. The second-order valence-corrected chi connectivity index (χ2v) is 10.3. The number of anilines is 3. The number of aromatic nitrogens is 3. The van der Waals surface area contributed by atoms with Crippen LogP contribution < -0.4 is 20.1 Å². The number of benzene rings is 2. The van der Waals surface area contributed by atoms with Gasteiger partial charge in [0.05, 0.1) is 37.2 Å². The molecule has 1 fully saturated rings. The van der Waals surface area contributed by atoms with Crippen molar-refractivity contribution in [2.45, 2.75) is 13.3 Å². The zero-order valence-corrected chi connectivity index (χ0v) is 22.4. The van der Waals surface area contributed by atoms with Gasteiger partial charge in [-0.05, 0) is 48.4 Å². The summed E-state index contributed by atoms with van der Waals surface area (Å²) in [6.45, 7) is 4.03. The first kappa shape index (κ1) is 26.9. The maximum Gasteiger partial charge on any atom is 0.163 e. The molecule has 39 heavy (non-hydrogen) atoms. The third-order valence-electron chi connectivity index (χ3n) is 6.31. The molecule has 1 saturated heterocycles. The van der Waals surface area contributed by atoms with Crippen LogP contribution in [0.25, 0.3) is 33.4 Å². The number of rotatable bonds is 8. The molecule has 3 heterocycles. The minimum absolute atomic E-state index is 0.0481. The second-order valence-electron chi connectivity index (χ2n) is 8.95. The molecule has 0 saturated carbocycles. The van der Waals surface area contributed by atoms with Gasteiger partial charge in [-0.2, -0.15) is 0 Å². The van der Waals surface area contributed by atoms with Crippen molar-refractivity contribution in [3.8, 4) is 28.3 Å². The fourth-order valence-electron chi connectivity index (χ4n) is 4.42. The molecule has 12 heteroatoms. The highest BCUT2D eigenvalue weighted by molar-refractivity contribution is 7.92. The number of ether oxygens (including phenoxy) is 2. The van der Waals surface area contributed by atoms with E-state index in [0.29, 0.717) is 78.2 Å². The van der Waals surface area contributed by atoms with E-state index in [0.717, 1.165) is 6.07 Å². The van der Waals surface area contributed by atoms with E-state index in [9.17, 15) is 4.55 Å². The molecule has 2 aromatic heterocycles. The molecule has 1 aliphatic rings. The van der Waals surface area contributed by atoms with E-state index in [2.05, 4.69) is 9.71 Å². The van der Waals surface area contributed by atoms with Crippen molar-refractivity contribution in [2.75, 3.05) is 54.5 Å². The fourth-order valence-corrected chi connectivity index (χ4v) is 5.30. The number of nitrogens with two attached hydrogens (primary N) is 1. The highest BCUT2D eigenvalue weighted by Gasteiger charge is 2.24. The Morgan fingerprint density at radius 2 is 1.92 bits per heavy atom. The average Bonchev–Trinajstić information content (AvgIpc) is 2.94. The average molecular weight is 555 g/mol. The molecular formula is C27H28F2N6O3S. The zero-order valence-electron chi connectivity index (χ0n) is 21.5. The van der Waals surface area contributed by atoms with Gasteiger partial charge in [-0.3, -0.25) is 0 Å². The van der Waals surface area contributed by atoms with Crippen LogP contribution in [0.1, 0.15) is 13.3 Å². The first-order valence-corrected chi connectivity index (χ1v) is 13.8. The normalized spacial score (nSPS) is 14.4. The van der Waals surface area contributed by atoms with Crippen LogP contribution in [-0.4, -0.2) is 58.7 Å². The van der Waals surface area contributed by atoms with Crippen LogP contribution in [0.3, 0.4) is 0 Å². The number of halogens is 2. The van der Waals surface area contributed by atoms with Crippen molar-refractivity contribution in [2.24, 2.45) is 0 Å². The molecule has 2 aromatic carbocycles. The summed E-state index contributed by atoms with van der Waals surface area (Å²) >= 11 is -1.50. The van der Waals surface area contributed by atoms with Gasteiger partial charge in [0, 0.05) is 30.2 Å². The minimum Gasteiger partial charge on any atom is -0.593 e. The molecule has 0 bridgehead atoms. The maximum atomic E-state index is 15.7. The Morgan fingerprint density at radius 3 is 2.62 bits per heavy atom. The Balaban J connectivity index is 1.71. The molecule has 0 aliphatic carbocycles. The summed E-state index contributed by atoms with van der Waals surface area (Å²) in [6.07, 6.45) is 2.24. The highest BCUT2D eigenvalue weighted by atomic mass is 32.2. The predicted octanol–water partition coefficient (Wildman–Crippen LogP) is 4.55. The third kappa shape index (κ3) is 5.54. The lowest BCUT2D eigenvalue weighted by atomic mass is 10.0. The van der Waals surface area contributed by atoms with Gasteiger partial charge < -0.3 is 24.7 Å². The van der Waals surface area contributed by atoms with E-state index in [1.165, 1.54) is 19.2 Å². The molecule has 0 amide bonds. The van der Waals surface area contributed by atoms with Crippen LogP contribution in [0, 0.1) is 11.6 Å². The Morgan fingerprint density at radius 1 is 1.13 bits per heavy atom. The number of morpholine rings is 1. The SMILES string of the molecule is CCC[S+]([O-])Nc1ccc(F)c(-c2cc(OC)c3nc(-c4ccc(N)nc4)nc(N4CCOCC4)c3c2)c1F. The third-order valence-corrected chi connectivity index (χ3v) is 7.54. The number of nitrogens with zero attached hydrogens (tertiary/aromatic N) is 4. The molecule has 1 unspecified atom stereocenters. The van der Waals surface area contributed by atoms with E-state index >= 15 is 8.78 Å². The van der Waals surface area contributed by atoms with Gasteiger partial charge in [0.2, 0.25) is 0 Å². The van der Waals surface area contributed by atoms with Crippen LogP contribution in [0.4, 0.5) is 26.1 Å². The first-order chi connectivity index (χ1) is 18.9. The lowest BCUT2D eigenvalue weighted by molar-refractivity contribution is 0.122. The Hall–Kier alpha value is -3.74. The zero-order chi connectivity index (χ0) is 27.5. The number of hydrogen-bond acceptors (Lipinski definition) is 9. The number of pyridine rings is 1. The van der Waals surface area contributed by atoms with Crippen LogP contribution >= 0.6 is 0 Å². The van der Waals surface area contributed by atoms with Crippen molar-refractivity contribution < 1.29 is 22.8 Å². The Bertz CT molecular complexity index is 1490.